The van der Waals surface area contributed by atoms with Gasteiger partial charge in [0.05, 0.1) is 18.0 Å². The van der Waals surface area contributed by atoms with Crippen molar-refractivity contribution in [1.82, 2.24) is 83.7 Å². The molecule has 29 nitrogen and oxygen atoms in total. The summed E-state index contributed by atoms with van der Waals surface area (Å²) >= 11 is 6.28. The number of aromatic nitrogens is 3. The van der Waals surface area contributed by atoms with Gasteiger partial charge in [-0.1, -0.05) is 112 Å². The number of rotatable bonds is 48. The van der Waals surface area contributed by atoms with E-state index >= 15 is 9.59 Å². The number of benzene rings is 3. The van der Waals surface area contributed by atoms with E-state index in [-0.39, 0.29) is 63.5 Å². The first-order valence-electron chi connectivity index (χ1n) is 38.8. The maximum atomic E-state index is 15.2. The fourth-order valence-electron chi connectivity index (χ4n) is 13.1. The van der Waals surface area contributed by atoms with E-state index in [1.54, 1.807) is 54.9 Å². The van der Waals surface area contributed by atoms with Gasteiger partial charge in [-0.05, 0) is 179 Å². The van der Waals surface area contributed by atoms with Crippen LogP contribution in [0, 0.1) is 5.92 Å². The van der Waals surface area contributed by atoms with Gasteiger partial charge < -0.3 is 79.5 Å². The molecule has 15 N–H and O–H groups in total. The minimum absolute atomic E-state index is 0.0166. The van der Waals surface area contributed by atoms with Gasteiger partial charge in [0.2, 0.25) is 65.0 Å². The fourth-order valence-corrected chi connectivity index (χ4v) is 13.2. The van der Waals surface area contributed by atoms with Gasteiger partial charge in [0, 0.05) is 81.7 Å². The van der Waals surface area contributed by atoms with Gasteiger partial charge in [-0.2, -0.15) is 0 Å². The molecule has 1 aliphatic heterocycles. The van der Waals surface area contributed by atoms with Gasteiger partial charge in [-0.3, -0.25) is 67.7 Å². The number of carbonyl (C=O) groups excluding carboxylic acids is 11. The lowest BCUT2D eigenvalue weighted by Crippen LogP contribution is -2.61. The molecular weight excluding hydrogens is 1450 g/mol. The van der Waals surface area contributed by atoms with Crippen LogP contribution in [0.3, 0.4) is 0 Å². The summed E-state index contributed by atoms with van der Waals surface area (Å²) in [4.78, 5) is 172. The number of amides is 11. The minimum Gasteiger partial charge on any atom is -0.394 e. The topological polar surface area (TPSA) is 420 Å². The Bertz CT molecular complexity index is 4020. The van der Waals surface area contributed by atoms with Gasteiger partial charge in [-0.25, -0.2) is 0 Å². The first kappa shape index (κ1) is 88.9. The highest BCUT2D eigenvalue weighted by Crippen LogP contribution is 2.23. The number of aliphatic hydroxyl groups excluding tert-OH is 1. The molecule has 7 rings (SSSR count). The van der Waals surface area contributed by atoms with Gasteiger partial charge in [0.25, 0.3) is 0 Å². The van der Waals surface area contributed by atoms with Crippen LogP contribution in [0.2, 0.25) is 5.02 Å². The maximum Gasteiger partial charge on any atom is 0.245 e. The van der Waals surface area contributed by atoms with Crippen molar-refractivity contribution in [3.05, 3.63) is 173 Å². The Morgan fingerprint density at radius 3 is 1.52 bits per heavy atom. The van der Waals surface area contributed by atoms with Crippen molar-refractivity contribution in [2.45, 2.75) is 217 Å². The van der Waals surface area contributed by atoms with Crippen molar-refractivity contribution >= 4 is 87.4 Å². The number of nitrogens with two attached hydrogens (primary N) is 1. The summed E-state index contributed by atoms with van der Waals surface area (Å²) in [6.45, 7) is 12.2. The molecule has 11 amide bonds. The maximum absolute atomic E-state index is 15.2. The zero-order valence-corrected chi connectivity index (χ0v) is 65.7. The highest BCUT2D eigenvalue weighted by atomic mass is 35.5. The summed E-state index contributed by atoms with van der Waals surface area (Å²) in [7, 11) is 0. The van der Waals surface area contributed by atoms with Crippen molar-refractivity contribution < 1.29 is 57.8 Å². The van der Waals surface area contributed by atoms with E-state index in [1.165, 1.54) is 31.1 Å². The highest BCUT2D eigenvalue weighted by Gasteiger charge is 2.40. The lowest BCUT2D eigenvalue weighted by molar-refractivity contribution is -0.142. The lowest BCUT2D eigenvalue weighted by Gasteiger charge is -2.31. The zero-order chi connectivity index (χ0) is 80.9. The Hall–Kier alpha value is -10.3. The number of likely N-dealkylation sites (tertiary alicyclic amines) is 1. The van der Waals surface area contributed by atoms with E-state index in [4.69, 9.17) is 17.3 Å². The standard InChI is InChI=1S/C82H112ClN17O12/c1-52(2)43-67(76(106)95-66(28-13-18-39-88-53(3)4)82(112)100-42-20-29-72(100)81(111)91-54(5)73(84)103)96-75(105)65(27-12-15-37-87-50-63-25-10-17-41-90-63)93-74(104)64(26-11-14-36-86-49-62-24-9-16-40-89-62)94-80(110)71(51-101)99-79(109)70(47-58-21-19-38-85-48-58)98-78(108)69(45-56-31-34-61(83)35-32-56)97-77(107)68(92-55(6)102)46-57-30-33-59-22-7-8-23-60(59)44-57/h7-10,16-17,19,21-25,30-35,38,40-41,44,48,52-54,64-72,86-88,101H,11-15,18,20,26-29,36-37,39,42-43,45-47,49-51H2,1-6H3,(H2,84,103)(H,91,111)(H,92,102)(H,93,104)(H,94,110)(H,95,106)(H,96,105)(H,97,107)(H,98,108)(H,99,109)/t54-,64+,65+,66+,67+,68-,69-,70-,71+,72-/m1/s1. The number of nitrogens with one attached hydrogen (secondary N) is 12. The molecule has 3 aromatic carbocycles. The Morgan fingerprint density at radius 2 is 0.982 bits per heavy atom. The number of hydrogen-bond acceptors (Lipinski definition) is 18. The molecule has 0 saturated carbocycles. The molecule has 112 heavy (non-hydrogen) atoms. The van der Waals surface area contributed by atoms with Crippen molar-refractivity contribution in [1.29, 1.82) is 0 Å². The lowest BCUT2D eigenvalue weighted by atomic mass is 9.99. The van der Waals surface area contributed by atoms with Crippen molar-refractivity contribution in [2.24, 2.45) is 11.7 Å². The predicted molar refractivity (Wildman–Crippen MR) is 427 cm³/mol. The molecule has 0 spiro atoms. The molecule has 0 radical (unpaired) electrons. The van der Waals surface area contributed by atoms with Crippen LogP contribution in [-0.2, 0) is 85.1 Å². The second-order valence-electron chi connectivity index (χ2n) is 29.2. The third-order valence-corrected chi connectivity index (χ3v) is 19.4. The molecule has 30 heteroatoms. The number of primary amides is 1. The molecule has 4 heterocycles. The van der Waals surface area contributed by atoms with Crippen LogP contribution in [0.15, 0.2) is 140 Å². The van der Waals surface area contributed by atoms with Gasteiger partial charge in [0.1, 0.15) is 60.4 Å². The highest BCUT2D eigenvalue weighted by molar-refractivity contribution is 6.30. The normalized spacial score (nSPS) is 15.1. The fraction of sp³-hybridized carbons (Fsp3) is 0.488. The molecule has 1 fully saturated rings. The molecule has 0 bridgehead atoms. The van der Waals surface area contributed by atoms with E-state index in [2.05, 4.69) is 78.8 Å². The van der Waals surface area contributed by atoms with Crippen LogP contribution in [0.1, 0.15) is 147 Å². The average molecular weight is 1560 g/mol. The van der Waals surface area contributed by atoms with E-state index < -0.39 is 132 Å². The zero-order valence-electron chi connectivity index (χ0n) is 64.9. The largest absolute Gasteiger partial charge is 0.394 e. The number of fused-ring (bicyclic) bond motifs is 1. The Morgan fingerprint density at radius 1 is 0.500 bits per heavy atom. The average Bonchev–Trinajstić information content (AvgIpc) is 1.55. The third-order valence-electron chi connectivity index (χ3n) is 19.1. The van der Waals surface area contributed by atoms with Crippen LogP contribution in [-0.4, -0.2) is 189 Å². The number of unbranched alkanes of at least 4 members (excludes halogenated alkanes) is 3. The van der Waals surface area contributed by atoms with Gasteiger partial charge in [0.15, 0.2) is 0 Å². The number of aliphatic hydroxyl groups is 1. The third kappa shape index (κ3) is 30.7. The summed E-state index contributed by atoms with van der Waals surface area (Å²) in [6.07, 6.45) is 10.0. The SMILES string of the molecule is CC(=O)N[C@H](Cc1ccc2ccccc2c1)C(=O)N[C@H](Cc1ccc(Cl)cc1)C(=O)N[C@H](Cc1cccnc1)C(=O)N[C@@H](CO)C(=O)N[C@@H](CCCCNCc1ccccn1)C(=O)N[C@@H](CCCCNCc1ccccn1)C(=O)N[C@@H](CC(C)C)C(=O)N[C@@H](CCCCNC(C)C)C(=O)N1CCC[C@@H]1C(=O)N[C@H](C)C(N)=O. The molecule has 1 aliphatic rings. The van der Waals surface area contributed by atoms with Crippen LogP contribution in [0.4, 0.5) is 0 Å². The number of pyridine rings is 3. The van der Waals surface area contributed by atoms with Crippen molar-refractivity contribution in [3.63, 3.8) is 0 Å². The van der Waals surface area contributed by atoms with Crippen LogP contribution in [0.25, 0.3) is 10.8 Å². The summed E-state index contributed by atoms with van der Waals surface area (Å²) in [6, 6.07) is 21.6. The summed E-state index contributed by atoms with van der Waals surface area (Å²) in [5.41, 5.74) is 8.85. The molecule has 0 unspecified atom stereocenters. The number of halogens is 1. The van der Waals surface area contributed by atoms with E-state index in [1.807, 2.05) is 100 Å². The Labute approximate surface area is 660 Å². The number of hydrogen-bond donors (Lipinski definition) is 14. The van der Waals surface area contributed by atoms with Crippen LogP contribution >= 0.6 is 11.6 Å². The van der Waals surface area contributed by atoms with E-state index in [0.717, 1.165) is 27.7 Å². The Kier molecular flexibility index (Phi) is 37.4. The van der Waals surface area contributed by atoms with Crippen LogP contribution in [0.5, 0.6) is 0 Å². The monoisotopic (exact) mass is 1560 g/mol. The molecule has 1 saturated heterocycles. The predicted octanol–water partition coefficient (Wildman–Crippen LogP) is 3.71. The second-order valence-corrected chi connectivity index (χ2v) is 29.6. The van der Waals surface area contributed by atoms with E-state index in [9.17, 15) is 48.3 Å². The van der Waals surface area contributed by atoms with Gasteiger partial charge in [-0.15, -0.1) is 0 Å². The molecule has 6 aromatic rings. The number of nitrogens with zero attached hydrogens (tertiary/aromatic N) is 4. The van der Waals surface area contributed by atoms with Gasteiger partial charge >= 0.3 is 0 Å². The number of carbonyl (C=O) groups is 11. The quantitative estimate of drug-likeness (QED) is 0.0242. The Balaban J connectivity index is 1.14. The van der Waals surface area contributed by atoms with Crippen LogP contribution < -0.4 is 69.5 Å². The smallest absolute Gasteiger partial charge is 0.245 e. The minimum atomic E-state index is -1.76. The second kappa shape index (κ2) is 47.1. The van der Waals surface area contributed by atoms with Crippen molar-refractivity contribution in [2.75, 3.05) is 32.8 Å². The summed E-state index contributed by atoms with van der Waals surface area (Å²) in [5.74, 6) is -8.25. The van der Waals surface area contributed by atoms with Crippen molar-refractivity contribution in [3.8, 4) is 0 Å². The first-order valence-corrected chi connectivity index (χ1v) is 39.2. The molecular formula is C82H112ClN17O12. The summed E-state index contributed by atoms with van der Waals surface area (Å²) in [5, 5.41) is 48.4. The van der Waals surface area contributed by atoms with E-state index in [0.29, 0.717) is 100 Å². The first-order chi connectivity index (χ1) is 53.8. The molecule has 604 valence electrons. The molecule has 3 aromatic heterocycles. The summed E-state index contributed by atoms with van der Waals surface area (Å²) < 4.78 is 0. The molecule has 0 aliphatic carbocycles. The molecule has 10 atom stereocenters.